The number of hydrogen-bond donors (Lipinski definition) is 1. The molecule has 1 N–H and O–H groups in total. The van der Waals surface area contributed by atoms with Crippen LogP contribution < -0.4 is 10.1 Å². The van der Waals surface area contributed by atoms with E-state index in [-0.39, 0.29) is 0 Å². The fourth-order valence-electron chi connectivity index (χ4n) is 2.94. The molecule has 106 valence electrons. The summed E-state index contributed by atoms with van der Waals surface area (Å²) in [7, 11) is 1.77. The SMILES string of the molecule is CCC(CC)C(CNC1CC1)c1ccccc1OC. The third kappa shape index (κ3) is 3.73. The lowest BCUT2D eigenvalue weighted by molar-refractivity contribution is 0.355. The molecule has 1 aliphatic rings. The Kier molecular flexibility index (Phi) is 5.26. The zero-order valence-electron chi connectivity index (χ0n) is 12.5. The number of hydrogen-bond acceptors (Lipinski definition) is 2. The van der Waals surface area contributed by atoms with Crippen molar-refractivity contribution in [3.8, 4) is 5.75 Å². The van der Waals surface area contributed by atoms with Crippen LogP contribution in [0.25, 0.3) is 0 Å². The van der Waals surface area contributed by atoms with Gasteiger partial charge in [0.25, 0.3) is 0 Å². The highest BCUT2D eigenvalue weighted by molar-refractivity contribution is 5.37. The maximum Gasteiger partial charge on any atom is 0.122 e. The highest BCUT2D eigenvalue weighted by atomic mass is 16.5. The number of ether oxygens (including phenoxy) is 1. The van der Waals surface area contributed by atoms with Gasteiger partial charge in [0.1, 0.15) is 5.75 Å². The van der Waals surface area contributed by atoms with E-state index >= 15 is 0 Å². The molecule has 1 atom stereocenters. The molecule has 0 heterocycles. The maximum absolute atomic E-state index is 5.56. The van der Waals surface area contributed by atoms with Crippen LogP contribution in [0.4, 0.5) is 0 Å². The zero-order valence-corrected chi connectivity index (χ0v) is 12.5. The molecule has 2 nitrogen and oxygen atoms in total. The zero-order chi connectivity index (χ0) is 13.7. The van der Waals surface area contributed by atoms with Gasteiger partial charge in [0.2, 0.25) is 0 Å². The van der Waals surface area contributed by atoms with Crippen LogP contribution in [0.15, 0.2) is 24.3 Å². The second-order valence-corrected chi connectivity index (χ2v) is 5.61. The maximum atomic E-state index is 5.56. The van der Waals surface area contributed by atoms with E-state index in [1.807, 2.05) is 0 Å². The summed E-state index contributed by atoms with van der Waals surface area (Å²) in [6, 6.07) is 9.27. The highest BCUT2D eigenvalue weighted by Gasteiger charge is 2.27. The van der Waals surface area contributed by atoms with Gasteiger partial charge in [0, 0.05) is 18.5 Å². The summed E-state index contributed by atoms with van der Waals surface area (Å²) >= 11 is 0. The molecule has 2 rings (SSSR count). The van der Waals surface area contributed by atoms with Crippen molar-refractivity contribution in [1.29, 1.82) is 0 Å². The average Bonchev–Trinajstić information content (AvgIpc) is 3.27. The van der Waals surface area contributed by atoms with Crippen LogP contribution in [0, 0.1) is 5.92 Å². The number of methoxy groups -OCH3 is 1. The molecule has 0 saturated heterocycles. The molecule has 1 aliphatic carbocycles. The van der Waals surface area contributed by atoms with Gasteiger partial charge < -0.3 is 10.1 Å². The molecule has 1 unspecified atom stereocenters. The lowest BCUT2D eigenvalue weighted by Gasteiger charge is -2.27. The van der Waals surface area contributed by atoms with Crippen molar-refractivity contribution < 1.29 is 4.74 Å². The quantitative estimate of drug-likeness (QED) is 0.764. The van der Waals surface area contributed by atoms with E-state index in [0.717, 1.165) is 24.3 Å². The van der Waals surface area contributed by atoms with E-state index in [4.69, 9.17) is 4.74 Å². The normalized spacial score (nSPS) is 16.6. The summed E-state index contributed by atoms with van der Waals surface area (Å²) < 4.78 is 5.56. The monoisotopic (exact) mass is 261 g/mol. The van der Waals surface area contributed by atoms with Crippen LogP contribution in [0.2, 0.25) is 0 Å². The molecule has 0 bridgehead atoms. The van der Waals surface area contributed by atoms with Gasteiger partial charge in [-0.1, -0.05) is 44.9 Å². The van der Waals surface area contributed by atoms with Gasteiger partial charge in [-0.2, -0.15) is 0 Å². The fourth-order valence-corrected chi connectivity index (χ4v) is 2.94. The molecule has 0 spiro atoms. The van der Waals surface area contributed by atoms with Gasteiger partial charge in [-0.25, -0.2) is 0 Å². The van der Waals surface area contributed by atoms with Crippen LogP contribution in [-0.4, -0.2) is 19.7 Å². The first-order valence-electron chi connectivity index (χ1n) is 7.66. The number of rotatable bonds is 8. The number of benzene rings is 1. The van der Waals surface area contributed by atoms with Crippen LogP contribution >= 0.6 is 0 Å². The molecule has 0 amide bonds. The topological polar surface area (TPSA) is 21.3 Å². The fraction of sp³-hybridized carbons (Fsp3) is 0.647. The Morgan fingerprint density at radius 3 is 2.47 bits per heavy atom. The summed E-state index contributed by atoms with van der Waals surface area (Å²) in [5, 5.41) is 3.70. The molecule has 2 heteroatoms. The second-order valence-electron chi connectivity index (χ2n) is 5.61. The van der Waals surface area contributed by atoms with Crippen molar-refractivity contribution in [2.24, 2.45) is 5.92 Å². The minimum atomic E-state index is 0.562. The average molecular weight is 261 g/mol. The van der Waals surface area contributed by atoms with E-state index in [1.165, 1.54) is 31.2 Å². The number of nitrogens with one attached hydrogen (secondary N) is 1. The first-order chi connectivity index (χ1) is 9.30. The largest absolute Gasteiger partial charge is 0.496 e. The molecule has 1 fully saturated rings. The van der Waals surface area contributed by atoms with E-state index in [0.29, 0.717) is 5.92 Å². The summed E-state index contributed by atoms with van der Waals surface area (Å²) in [5.41, 5.74) is 1.37. The van der Waals surface area contributed by atoms with Crippen molar-refractivity contribution in [3.05, 3.63) is 29.8 Å². The van der Waals surface area contributed by atoms with Crippen molar-refractivity contribution in [1.82, 2.24) is 5.32 Å². The predicted molar refractivity (Wildman–Crippen MR) is 80.8 cm³/mol. The Labute approximate surface area is 117 Å². The van der Waals surface area contributed by atoms with Gasteiger partial charge >= 0.3 is 0 Å². The molecule has 1 aromatic rings. The van der Waals surface area contributed by atoms with Crippen LogP contribution in [0.5, 0.6) is 5.75 Å². The lowest BCUT2D eigenvalue weighted by atomic mass is 9.82. The van der Waals surface area contributed by atoms with Gasteiger partial charge in [-0.3, -0.25) is 0 Å². The molecule has 0 radical (unpaired) electrons. The summed E-state index contributed by atoms with van der Waals surface area (Å²) in [5.74, 6) is 2.33. The summed E-state index contributed by atoms with van der Waals surface area (Å²) in [4.78, 5) is 0. The van der Waals surface area contributed by atoms with Gasteiger partial charge in [-0.05, 0) is 30.4 Å². The molecule has 0 aliphatic heterocycles. The second kappa shape index (κ2) is 6.95. The van der Waals surface area contributed by atoms with Crippen molar-refractivity contribution in [2.75, 3.05) is 13.7 Å². The van der Waals surface area contributed by atoms with Crippen molar-refractivity contribution in [3.63, 3.8) is 0 Å². The molecular weight excluding hydrogens is 234 g/mol. The lowest BCUT2D eigenvalue weighted by Crippen LogP contribution is -2.28. The molecule has 0 aromatic heterocycles. The van der Waals surface area contributed by atoms with Gasteiger partial charge in [0.15, 0.2) is 0 Å². The first-order valence-corrected chi connectivity index (χ1v) is 7.66. The van der Waals surface area contributed by atoms with E-state index in [9.17, 15) is 0 Å². The van der Waals surface area contributed by atoms with E-state index < -0.39 is 0 Å². The summed E-state index contributed by atoms with van der Waals surface area (Å²) in [6.45, 7) is 5.68. The Morgan fingerprint density at radius 2 is 1.89 bits per heavy atom. The third-order valence-electron chi connectivity index (χ3n) is 4.36. The van der Waals surface area contributed by atoms with Crippen LogP contribution in [-0.2, 0) is 0 Å². The number of para-hydroxylation sites is 1. The van der Waals surface area contributed by atoms with Gasteiger partial charge in [0.05, 0.1) is 7.11 Å². The predicted octanol–water partition coefficient (Wildman–Crippen LogP) is 3.97. The standard InChI is InChI=1S/C17H27NO/c1-4-13(5-2)16(12-18-14-10-11-14)15-8-6-7-9-17(15)19-3/h6-9,13-14,16,18H,4-5,10-12H2,1-3H3. The summed E-state index contributed by atoms with van der Waals surface area (Å²) in [6.07, 6.45) is 5.15. The van der Waals surface area contributed by atoms with Crippen molar-refractivity contribution in [2.45, 2.75) is 51.5 Å². The first kappa shape index (κ1) is 14.4. The molecular formula is C17H27NO. The smallest absolute Gasteiger partial charge is 0.122 e. The van der Waals surface area contributed by atoms with E-state index in [1.54, 1.807) is 7.11 Å². The highest BCUT2D eigenvalue weighted by Crippen LogP contribution is 2.35. The Balaban J connectivity index is 2.17. The molecule has 1 aromatic carbocycles. The van der Waals surface area contributed by atoms with Gasteiger partial charge in [-0.15, -0.1) is 0 Å². The third-order valence-corrected chi connectivity index (χ3v) is 4.36. The van der Waals surface area contributed by atoms with E-state index in [2.05, 4.69) is 43.4 Å². The molecule has 19 heavy (non-hydrogen) atoms. The minimum Gasteiger partial charge on any atom is -0.496 e. The molecule has 1 saturated carbocycles. The Morgan fingerprint density at radius 1 is 1.21 bits per heavy atom. The Hall–Kier alpha value is -1.02. The van der Waals surface area contributed by atoms with Crippen LogP contribution in [0.1, 0.15) is 51.0 Å². The van der Waals surface area contributed by atoms with Crippen molar-refractivity contribution >= 4 is 0 Å². The Bertz CT molecular complexity index is 383. The van der Waals surface area contributed by atoms with Crippen LogP contribution in [0.3, 0.4) is 0 Å². The minimum absolute atomic E-state index is 0.562.